The van der Waals surface area contributed by atoms with E-state index in [1.165, 1.54) is 43.5 Å². The predicted molar refractivity (Wildman–Crippen MR) is 105 cm³/mol. The maximum absolute atomic E-state index is 14.1. The molecule has 2 amide bonds. The monoisotopic (exact) mass is 450 g/mol. The first-order chi connectivity index (χ1) is 12.8. The fraction of sp³-hybridized carbons (Fsp3) is 0.0556. The highest BCUT2D eigenvalue weighted by atomic mass is 79.9. The smallest absolute Gasteiger partial charge is 0.270 e. The number of hydrogen-bond acceptors (Lipinski definition) is 5. The lowest BCUT2D eigenvalue weighted by Crippen LogP contribution is -2.54. The van der Waals surface area contributed by atoms with Crippen LogP contribution in [0.25, 0.3) is 6.08 Å². The van der Waals surface area contributed by atoms with Gasteiger partial charge in [0.15, 0.2) is 16.6 Å². The molecule has 0 saturated carbocycles. The Labute approximate surface area is 167 Å². The fourth-order valence-electron chi connectivity index (χ4n) is 2.50. The molecule has 2 aromatic rings. The van der Waals surface area contributed by atoms with Crippen molar-refractivity contribution in [2.75, 3.05) is 12.0 Å². The number of nitrogens with one attached hydrogen (secondary N) is 1. The molecule has 1 aliphatic rings. The molecule has 0 spiro atoms. The van der Waals surface area contributed by atoms with E-state index in [1.54, 1.807) is 6.07 Å². The summed E-state index contributed by atoms with van der Waals surface area (Å²) in [5, 5.41) is 12.0. The van der Waals surface area contributed by atoms with Gasteiger partial charge in [0.1, 0.15) is 11.4 Å². The van der Waals surface area contributed by atoms with Crippen LogP contribution in [0.1, 0.15) is 5.56 Å². The second kappa shape index (κ2) is 7.45. The van der Waals surface area contributed by atoms with Crippen LogP contribution in [0.15, 0.2) is 46.4 Å². The molecule has 3 rings (SSSR count). The number of para-hydroxylation sites is 1. The molecule has 0 aliphatic carbocycles. The molecule has 1 fully saturated rings. The molecule has 0 bridgehead atoms. The summed E-state index contributed by atoms with van der Waals surface area (Å²) in [7, 11) is 1.37. The van der Waals surface area contributed by atoms with E-state index in [9.17, 15) is 19.1 Å². The minimum atomic E-state index is -0.771. The SMILES string of the molecule is COc1cc(/C=C2\C(=O)NC(=S)N(c3ccccc3F)C2=O)c(Br)cc1O. The Morgan fingerprint density at radius 2 is 2.00 bits per heavy atom. The quantitative estimate of drug-likeness (QED) is 0.426. The number of carbonyl (C=O) groups excluding carboxylic acids is 2. The van der Waals surface area contributed by atoms with Crippen LogP contribution in [-0.2, 0) is 9.59 Å². The lowest BCUT2D eigenvalue weighted by Gasteiger charge is -2.29. The summed E-state index contributed by atoms with van der Waals surface area (Å²) in [5.74, 6) is -2.09. The van der Waals surface area contributed by atoms with E-state index in [4.69, 9.17) is 17.0 Å². The second-order valence-corrected chi connectivity index (χ2v) is 6.70. The number of hydrogen-bond donors (Lipinski definition) is 2. The van der Waals surface area contributed by atoms with E-state index >= 15 is 0 Å². The molecule has 2 N–H and O–H groups in total. The predicted octanol–water partition coefficient (Wildman–Crippen LogP) is 3.13. The molecule has 0 unspecified atom stereocenters. The van der Waals surface area contributed by atoms with Gasteiger partial charge in [0.25, 0.3) is 11.8 Å². The van der Waals surface area contributed by atoms with Crippen molar-refractivity contribution in [2.24, 2.45) is 0 Å². The van der Waals surface area contributed by atoms with Crippen molar-refractivity contribution in [3.63, 3.8) is 0 Å². The molecule has 0 radical (unpaired) electrons. The Balaban J connectivity index is 2.09. The van der Waals surface area contributed by atoms with Gasteiger partial charge in [0.05, 0.1) is 12.8 Å². The van der Waals surface area contributed by atoms with Crippen molar-refractivity contribution in [1.29, 1.82) is 0 Å². The van der Waals surface area contributed by atoms with Crippen molar-refractivity contribution >= 4 is 56.8 Å². The summed E-state index contributed by atoms with van der Waals surface area (Å²) in [6.07, 6.45) is 1.30. The number of phenols is 1. The normalized spacial score (nSPS) is 15.9. The van der Waals surface area contributed by atoms with Crippen LogP contribution in [0.3, 0.4) is 0 Å². The van der Waals surface area contributed by atoms with Gasteiger partial charge in [-0.2, -0.15) is 0 Å². The Morgan fingerprint density at radius 3 is 2.67 bits per heavy atom. The first kappa shape index (κ1) is 19.0. The van der Waals surface area contributed by atoms with Crippen LogP contribution in [0, 0.1) is 5.82 Å². The summed E-state index contributed by atoms with van der Waals surface area (Å²) < 4.78 is 19.6. The van der Waals surface area contributed by atoms with Gasteiger partial charge in [-0.25, -0.2) is 9.29 Å². The van der Waals surface area contributed by atoms with Gasteiger partial charge in [0.2, 0.25) is 0 Å². The number of amides is 2. The van der Waals surface area contributed by atoms with Crippen LogP contribution in [-0.4, -0.2) is 29.1 Å². The largest absolute Gasteiger partial charge is 0.504 e. The number of carbonyl (C=O) groups is 2. The highest BCUT2D eigenvalue weighted by Gasteiger charge is 2.35. The highest BCUT2D eigenvalue weighted by molar-refractivity contribution is 9.10. The summed E-state index contributed by atoms with van der Waals surface area (Å²) in [5.41, 5.74) is 0.0884. The number of halogens is 2. The number of methoxy groups -OCH3 is 1. The minimum absolute atomic E-state index is 0.0687. The summed E-state index contributed by atoms with van der Waals surface area (Å²) in [4.78, 5) is 26.1. The van der Waals surface area contributed by atoms with Gasteiger partial charge in [-0.3, -0.25) is 14.9 Å². The molecule has 2 aromatic carbocycles. The van der Waals surface area contributed by atoms with Crippen LogP contribution < -0.4 is 15.0 Å². The molecule has 138 valence electrons. The number of aromatic hydroxyl groups is 1. The number of rotatable bonds is 3. The van der Waals surface area contributed by atoms with Crippen molar-refractivity contribution < 1.29 is 23.8 Å². The van der Waals surface area contributed by atoms with Gasteiger partial charge in [-0.1, -0.05) is 28.1 Å². The number of nitrogens with zero attached hydrogens (tertiary/aromatic N) is 1. The molecular formula is C18H12BrFN2O4S. The number of anilines is 1. The molecule has 0 atom stereocenters. The zero-order chi connectivity index (χ0) is 19.7. The van der Waals surface area contributed by atoms with Crippen molar-refractivity contribution in [3.8, 4) is 11.5 Å². The first-order valence-electron chi connectivity index (χ1n) is 7.56. The highest BCUT2D eigenvalue weighted by Crippen LogP contribution is 2.34. The summed E-state index contributed by atoms with van der Waals surface area (Å²) >= 11 is 8.30. The third kappa shape index (κ3) is 3.56. The number of thiocarbonyl (C=S) groups is 1. The Bertz CT molecular complexity index is 1010. The third-order valence-electron chi connectivity index (χ3n) is 3.79. The average Bonchev–Trinajstić information content (AvgIpc) is 2.61. The Hall–Kier alpha value is -2.78. The topological polar surface area (TPSA) is 78.9 Å². The van der Waals surface area contributed by atoms with E-state index in [0.29, 0.717) is 10.0 Å². The molecule has 1 saturated heterocycles. The minimum Gasteiger partial charge on any atom is -0.504 e. The van der Waals surface area contributed by atoms with Crippen molar-refractivity contribution in [3.05, 3.63) is 57.8 Å². The fourth-order valence-corrected chi connectivity index (χ4v) is 3.22. The Kier molecular flexibility index (Phi) is 5.24. The van der Waals surface area contributed by atoms with E-state index in [2.05, 4.69) is 21.2 Å². The molecule has 1 aliphatic heterocycles. The van der Waals surface area contributed by atoms with E-state index in [0.717, 1.165) is 4.90 Å². The van der Waals surface area contributed by atoms with Gasteiger partial charge in [0, 0.05) is 4.47 Å². The van der Waals surface area contributed by atoms with Crippen molar-refractivity contribution in [1.82, 2.24) is 5.32 Å². The van der Waals surface area contributed by atoms with Crippen LogP contribution in [0.2, 0.25) is 0 Å². The van der Waals surface area contributed by atoms with Crippen LogP contribution in [0.4, 0.5) is 10.1 Å². The van der Waals surface area contributed by atoms with Gasteiger partial charge in [-0.15, -0.1) is 0 Å². The maximum Gasteiger partial charge on any atom is 0.270 e. The molecular weight excluding hydrogens is 439 g/mol. The number of benzene rings is 2. The molecule has 6 nitrogen and oxygen atoms in total. The van der Waals surface area contributed by atoms with Gasteiger partial charge < -0.3 is 9.84 Å². The van der Waals surface area contributed by atoms with E-state index in [1.807, 2.05) is 0 Å². The van der Waals surface area contributed by atoms with Crippen LogP contribution >= 0.6 is 28.1 Å². The molecule has 27 heavy (non-hydrogen) atoms. The lowest BCUT2D eigenvalue weighted by atomic mass is 10.1. The summed E-state index contributed by atoms with van der Waals surface area (Å²) in [6, 6.07) is 8.42. The zero-order valence-electron chi connectivity index (χ0n) is 13.8. The Morgan fingerprint density at radius 1 is 1.30 bits per heavy atom. The lowest BCUT2D eigenvalue weighted by molar-refractivity contribution is -0.122. The number of ether oxygens (including phenoxy) is 1. The average molecular weight is 451 g/mol. The summed E-state index contributed by atoms with van der Waals surface area (Å²) in [6.45, 7) is 0. The van der Waals surface area contributed by atoms with Gasteiger partial charge in [-0.05, 0) is 48.1 Å². The first-order valence-corrected chi connectivity index (χ1v) is 8.76. The van der Waals surface area contributed by atoms with Crippen molar-refractivity contribution in [2.45, 2.75) is 0 Å². The van der Waals surface area contributed by atoms with E-state index < -0.39 is 17.6 Å². The van der Waals surface area contributed by atoms with Gasteiger partial charge >= 0.3 is 0 Å². The molecule has 1 heterocycles. The maximum atomic E-state index is 14.1. The standard InChI is InChI=1S/C18H12BrFN2O4S/c1-26-15-7-9(11(19)8-14(15)23)6-10-16(24)21-18(27)22(17(10)25)13-5-3-2-4-12(13)20/h2-8,23H,1H3,(H,21,24,27)/b10-6+. The third-order valence-corrected chi connectivity index (χ3v) is 4.76. The second-order valence-electron chi connectivity index (χ2n) is 5.45. The zero-order valence-corrected chi connectivity index (χ0v) is 16.2. The number of phenolic OH excluding ortho intramolecular Hbond substituents is 1. The molecule has 0 aromatic heterocycles. The van der Waals surface area contributed by atoms with E-state index in [-0.39, 0.29) is 27.9 Å². The van der Waals surface area contributed by atoms with Crippen LogP contribution in [0.5, 0.6) is 11.5 Å². The molecule has 9 heteroatoms.